The molecule has 0 aromatic carbocycles. The molecule has 0 bridgehead atoms. The number of aromatic nitrogens is 1. The van der Waals surface area contributed by atoms with Crippen molar-refractivity contribution in [2.45, 2.75) is 26.2 Å². The average molecular weight is 217 g/mol. The molecule has 0 saturated heterocycles. The molecule has 78 valence electrons. The van der Waals surface area contributed by atoms with E-state index in [0.717, 1.165) is 5.69 Å². The van der Waals surface area contributed by atoms with Crippen molar-refractivity contribution < 1.29 is 0 Å². The number of pyridine rings is 1. The first-order chi connectivity index (χ1) is 7.07. The molecule has 0 unspecified atom stereocenters. The smallest absolute Gasteiger partial charge is 0.0804 e. The first-order valence-corrected chi connectivity index (χ1v) is 5.96. The molecule has 0 aliphatic carbocycles. The second-order valence-corrected chi connectivity index (χ2v) is 5.60. The van der Waals surface area contributed by atoms with Crippen LogP contribution in [-0.2, 0) is 5.41 Å². The van der Waals surface area contributed by atoms with Gasteiger partial charge >= 0.3 is 0 Å². The van der Waals surface area contributed by atoms with Gasteiger partial charge in [-0.05, 0) is 34.6 Å². The molecule has 0 aliphatic heterocycles. The summed E-state index contributed by atoms with van der Waals surface area (Å²) in [6, 6.07) is 8.45. The Labute approximate surface area is 94.8 Å². The predicted molar refractivity (Wildman–Crippen MR) is 66.3 cm³/mol. The molecule has 2 heteroatoms. The van der Waals surface area contributed by atoms with Crippen LogP contribution in [0.1, 0.15) is 26.3 Å². The molecular formula is C13H15NS. The summed E-state index contributed by atoms with van der Waals surface area (Å²) in [5.41, 5.74) is 2.60. The molecule has 0 saturated carbocycles. The van der Waals surface area contributed by atoms with Crippen molar-refractivity contribution in [1.29, 1.82) is 0 Å². The van der Waals surface area contributed by atoms with Gasteiger partial charge in [-0.2, -0.15) is 0 Å². The largest absolute Gasteiger partial charge is 0.255 e. The summed E-state index contributed by atoms with van der Waals surface area (Å²) in [5.74, 6) is 0. The fraction of sp³-hybridized carbons (Fsp3) is 0.308. The summed E-state index contributed by atoms with van der Waals surface area (Å²) in [5, 5.41) is 2.08. The van der Waals surface area contributed by atoms with Crippen LogP contribution < -0.4 is 0 Å². The van der Waals surface area contributed by atoms with Crippen LogP contribution in [0.4, 0.5) is 0 Å². The molecule has 2 aromatic heterocycles. The summed E-state index contributed by atoms with van der Waals surface area (Å²) in [6.45, 7) is 6.67. The van der Waals surface area contributed by atoms with Crippen LogP contribution in [0.5, 0.6) is 0 Å². The summed E-state index contributed by atoms with van der Waals surface area (Å²) >= 11 is 1.73. The van der Waals surface area contributed by atoms with Crippen LogP contribution in [0.25, 0.3) is 10.6 Å². The van der Waals surface area contributed by atoms with Crippen molar-refractivity contribution in [3.63, 3.8) is 0 Å². The minimum Gasteiger partial charge on any atom is -0.255 e. The number of nitrogens with zero attached hydrogens (tertiary/aromatic N) is 1. The van der Waals surface area contributed by atoms with Gasteiger partial charge < -0.3 is 0 Å². The number of hydrogen-bond acceptors (Lipinski definition) is 2. The van der Waals surface area contributed by atoms with E-state index in [1.54, 1.807) is 11.3 Å². The van der Waals surface area contributed by atoms with E-state index < -0.39 is 0 Å². The second kappa shape index (κ2) is 3.78. The first-order valence-electron chi connectivity index (χ1n) is 5.08. The van der Waals surface area contributed by atoms with E-state index in [-0.39, 0.29) is 5.41 Å². The van der Waals surface area contributed by atoms with E-state index in [9.17, 15) is 0 Å². The highest BCUT2D eigenvalue weighted by Gasteiger charge is 2.14. The maximum Gasteiger partial charge on any atom is 0.0804 e. The Hall–Kier alpha value is -1.15. The summed E-state index contributed by atoms with van der Waals surface area (Å²) in [7, 11) is 0. The van der Waals surface area contributed by atoms with Gasteiger partial charge in [-0.15, -0.1) is 11.3 Å². The Morgan fingerprint density at radius 2 is 2.00 bits per heavy atom. The van der Waals surface area contributed by atoms with Crippen molar-refractivity contribution >= 4 is 11.3 Å². The van der Waals surface area contributed by atoms with Gasteiger partial charge in [0.05, 0.1) is 10.6 Å². The van der Waals surface area contributed by atoms with E-state index in [4.69, 9.17) is 0 Å². The SMILES string of the molecule is CC(C)(C)c1ccnc(-c2cccs2)c1. The summed E-state index contributed by atoms with van der Waals surface area (Å²) < 4.78 is 0. The Morgan fingerprint density at radius 3 is 2.60 bits per heavy atom. The Balaban J connectivity index is 2.44. The van der Waals surface area contributed by atoms with E-state index in [1.165, 1.54) is 10.4 Å². The molecular weight excluding hydrogens is 202 g/mol. The lowest BCUT2D eigenvalue weighted by Gasteiger charge is -2.19. The summed E-state index contributed by atoms with van der Waals surface area (Å²) in [6.07, 6.45) is 1.90. The first kappa shape index (κ1) is 10.4. The van der Waals surface area contributed by atoms with Crippen LogP contribution in [-0.4, -0.2) is 4.98 Å². The molecule has 0 amide bonds. The van der Waals surface area contributed by atoms with Crippen molar-refractivity contribution in [3.8, 4) is 10.6 Å². The molecule has 0 atom stereocenters. The second-order valence-electron chi connectivity index (χ2n) is 4.66. The highest BCUT2D eigenvalue weighted by atomic mass is 32.1. The normalized spacial score (nSPS) is 11.7. The molecule has 0 radical (unpaired) electrons. The van der Waals surface area contributed by atoms with Crippen LogP contribution in [0.3, 0.4) is 0 Å². The number of thiophene rings is 1. The van der Waals surface area contributed by atoms with E-state index in [2.05, 4.69) is 55.4 Å². The Kier molecular flexibility index (Phi) is 2.61. The van der Waals surface area contributed by atoms with Gasteiger partial charge in [0.1, 0.15) is 0 Å². The molecule has 0 fully saturated rings. The minimum absolute atomic E-state index is 0.189. The number of hydrogen-bond donors (Lipinski definition) is 0. The lowest BCUT2D eigenvalue weighted by Crippen LogP contribution is -2.11. The third kappa shape index (κ3) is 2.26. The van der Waals surface area contributed by atoms with Gasteiger partial charge in [-0.3, -0.25) is 4.98 Å². The summed E-state index contributed by atoms with van der Waals surface area (Å²) in [4.78, 5) is 5.64. The highest BCUT2D eigenvalue weighted by Crippen LogP contribution is 2.27. The van der Waals surface area contributed by atoms with E-state index in [0.29, 0.717) is 0 Å². The van der Waals surface area contributed by atoms with Gasteiger partial charge in [0.25, 0.3) is 0 Å². The van der Waals surface area contributed by atoms with E-state index >= 15 is 0 Å². The molecule has 2 aromatic rings. The fourth-order valence-corrected chi connectivity index (χ4v) is 2.15. The fourth-order valence-electron chi connectivity index (χ4n) is 1.46. The van der Waals surface area contributed by atoms with Crippen LogP contribution in [0.2, 0.25) is 0 Å². The van der Waals surface area contributed by atoms with Gasteiger partial charge in [0, 0.05) is 6.20 Å². The van der Waals surface area contributed by atoms with Crippen LogP contribution in [0.15, 0.2) is 35.8 Å². The number of rotatable bonds is 1. The maximum absolute atomic E-state index is 4.41. The van der Waals surface area contributed by atoms with E-state index in [1.807, 2.05) is 6.20 Å². The average Bonchev–Trinajstić information content (AvgIpc) is 2.69. The molecule has 1 nitrogen and oxygen atoms in total. The Bertz CT molecular complexity index is 438. The molecule has 0 spiro atoms. The molecule has 0 aliphatic rings. The van der Waals surface area contributed by atoms with Gasteiger partial charge in [-0.25, -0.2) is 0 Å². The zero-order valence-corrected chi connectivity index (χ0v) is 10.1. The molecule has 15 heavy (non-hydrogen) atoms. The molecule has 2 rings (SSSR count). The lowest BCUT2D eigenvalue weighted by atomic mass is 9.87. The monoisotopic (exact) mass is 217 g/mol. The zero-order chi connectivity index (χ0) is 10.9. The van der Waals surface area contributed by atoms with Crippen LogP contribution >= 0.6 is 11.3 Å². The van der Waals surface area contributed by atoms with Crippen molar-refractivity contribution in [2.75, 3.05) is 0 Å². The quantitative estimate of drug-likeness (QED) is 0.700. The topological polar surface area (TPSA) is 12.9 Å². The zero-order valence-electron chi connectivity index (χ0n) is 9.32. The van der Waals surface area contributed by atoms with Gasteiger partial charge in [0.15, 0.2) is 0 Å². The van der Waals surface area contributed by atoms with Gasteiger partial charge in [-0.1, -0.05) is 26.8 Å². The minimum atomic E-state index is 0.189. The third-order valence-corrected chi connectivity index (χ3v) is 3.29. The maximum atomic E-state index is 4.41. The standard InChI is InChI=1S/C13H15NS/c1-13(2,3)10-6-7-14-11(9-10)12-5-4-8-15-12/h4-9H,1-3H3. The van der Waals surface area contributed by atoms with Crippen molar-refractivity contribution in [2.24, 2.45) is 0 Å². The van der Waals surface area contributed by atoms with Crippen molar-refractivity contribution in [1.82, 2.24) is 4.98 Å². The predicted octanol–water partition coefficient (Wildman–Crippen LogP) is 4.11. The van der Waals surface area contributed by atoms with Gasteiger partial charge in [0.2, 0.25) is 0 Å². The van der Waals surface area contributed by atoms with Crippen LogP contribution in [0, 0.1) is 0 Å². The van der Waals surface area contributed by atoms with Crippen molar-refractivity contribution in [3.05, 3.63) is 41.4 Å². The molecule has 0 N–H and O–H groups in total. The highest BCUT2D eigenvalue weighted by molar-refractivity contribution is 7.13. The molecule has 2 heterocycles. The third-order valence-electron chi connectivity index (χ3n) is 2.40. The Morgan fingerprint density at radius 1 is 1.20 bits per heavy atom. The lowest BCUT2D eigenvalue weighted by molar-refractivity contribution is 0.589.